The SMILES string of the molecule is CCCCCNC(=O)C1CCN(c2ccc(-c3cccc(F)c3)nn2)CC1. The third kappa shape index (κ3) is 5.25. The molecular weight excluding hydrogens is 343 g/mol. The molecule has 0 radical (unpaired) electrons. The first kappa shape index (κ1) is 19.3. The maximum atomic E-state index is 13.4. The van der Waals surface area contributed by atoms with Crippen molar-refractivity contribution in [1.82, 2.24) is 15.5 Å². The molecule has 1 N–H and O–H groups in total. The van der Waals surface area contributed by atoms with E-state index in [0.717, 1.165) is 57.6 Å². The Morgan fingerprint density at radius 3 is 2.67 bits per heavy atom. The molecule has 1 fully saturated rings. The number of unbranched alkanes of at least 4 members (excludes halogenated alkanes) is 2. The number of aromatic nitrogens is 2. The lowest BCUT2D eigenvalue weighted by atomic mass is 9.96. The molecule has 0 spiro atoms. The molecule has 27 heavy (non-hydrogen) atoms. The van der Waals surface area contributed by atoms with Gasteiger partial charge in [0.2, 0.25) is 5.91 Å². The Morgan fingerprint density at radius 1 is 1.19 bits per heavy atom. The molecule has 144 valence electrons. The van der Waals surface area contributed by atoms with Gasteiger partial charge in [-0.1, -0.05) is 31.9 Å². The van der Waals surface area contributed by atoms with Gasteiger partial charge in [0.05, 0.1) is 5.69 Å². The molecule has 5 nitrogen and oxygen atoms in total. The summed E-state index contributed by atoms with van der Waals surface area (Å²) in [5.74, 6) is 0.783. The summed E-state index contributed by atoms with van der Waals surface area (Å²) in [4.78, 5) is 14.4. The Balaban J connectivity index is 1.51. The third-order valence-corrected chi connectivity index (χ3v) is 5.04. The molecule has 0 bridgehead atoms. The number of carbonyl (C=O) groups is 1. The largest absolute Gasteiger partial charge is 0.356 e. The molecule has 0 aliphatic carbocycles. The smallest absolute Gasteiger partial charge is 0.223 e. The minimum Gasteiger partial charge on any atom is -0.356 e. The highest BCUT2D eigenvalue weighted by Gasteiger charge is 2.25. The molecule has 1 aromatic carbocycles. The van der Waals surface area contributed by atoms with Crippen molar-refractivity contribution >= 4 is 11.7 Å². The summed E-state index contributed by atoms with van der Waals surface area (Å²) in [5, 5.41) is 11.6. The van der Waals surface area contributed by atoms with Gasteiger partial charge in [-0.2, -0.15) is 0 Å². The number of rotatable bonds is 7. The van der Waals surface area contributed by atoms with Crippen molar-refractivity contribution in [3.63, 3.8) is 0 Å². The van der Waals surface area contributed by atoms with Crippen molar-refractivity contribution in [3.05, 3.63) is 42.2 Å². The number of hydrogen-bond acceptors (Lipinski definition) is 4. The van der Waals surface area contributed by atoms with Crippen LogP contribution in [-0.4, -0.2) is 35.7 Å². The number of hydrogen-bond donors (Lipinski definition) is 1. The van der Waals surface area contributed by atoms with E-state index in [2.05, 4.69) is 27.3 Å². The molecule has 1 saturated heterocycles. The molecule has 1 aliphatic heterocycles. The molecule has 2 aromatic rings. The fourth-order valence-electron chi connectivity index (χ4n) is 3.40. The Hall–Kier alpha value is -2.50. The first-order valence-electron chi connectivity index (χ1n) is 9.79. The van der Waals surface area contributed by atoms with Gasteiger partial charge >= 0.3 is 0 Å². The second kappa shape index (κ2) is 9.44. The van der Waals surface area contributed by atoms with Gasteiger partial charge in [0, 0.05) is 31.1 Å². The normalized spacial score (nSPS) is 15.0. The van der Waals surface area contributed by atoms with Crippen LogP contribution in [0, 0.1) is 11.7 Å². The van der Waals surface area contributed by atoms with Crippen LogP contribution >= 0.6 is 0 Å². The van der Waals surface area contributed by atoms with Gasteiger partial charge in [0.15, 0.2) is 5.82 Å². The molecule has 2 heterocycles. The number of carbonyl (C=O) groups excluding carboxylic acids is 1. The lowest BCUT2D eigenvalue weighted by Gasteiger charge is -2.31. The van der Waals surface area contributed by atoms with Crippen LogP contribution < -0.4 is 10.2 Å². The minimum atomic E-state index is -0.284. The molecular formula is C21H27FN4O. The van der Waals surface area contributed by atoms with Gasteiger partial charge in [-0.25, -0.2) is 4.39 Å². The number of amides is 1. The van der Waals surface area contributed by atoms with Crippen LogP contribution in [0.5, 0.6) is 0 Å². The Kier molecular flexibility index (Phi) is 6.74. The van der Waals surface area contributed by atoms with E-state index in [9.17, 15) is 9.18 Å². The maximum absolute atomic E-state index is 13.4. The van der Waals surface area contributed by atoms with E-state index in [4.69, 9.17) is 0 Å². The van der Waals surface area contributed by atoms with Crippen LogP contribution in [0.15, 0.2) is 36.4 Å². The average molecular weight is 370 g/mol. The molecule has 0 atom stereocenters. The summed E-state index contributed by atoms with van der Waals surface area (Å²) in [6.45, 7) is 4.52. The van der Waals surface area contributed by atoms with E-state index in [0.29, 0.717) is 11.3 Å². The number of halogens is 1. The van der Waals surface area contributed by atoms with Gasteiger partial charge < -0.3 is 10.2 Å². The molecule has 0 unspecified atom stereocenters. The van der Waals surface area contributed by atoms with E-state index in [1.807, 2.05) is 18.2 Å². The monoisotopic (exact) mass is 370 g/mol. The van der Waals surface area contributed by atoms with E-state index >= 15 is 0 Å². The molecule has 1 aromatic heterocycles. The van der Waals surface area contributed by atoms with Crippen LogP contribution in [0.3, 0.4) is 0 Å². The highest BCUT2D eigenvalue weighted by atomic mass is 19.1. The van der Waals surface area contributed by atoms with Crippen molar-refractivity contribution in [3.8, 4) is 11.3 Å². The number of benzene rings is 1. The predicted octanol–water partition coefficient (Wildman–Crippen LogP) is 3.81. The van der Waals surface area contributed by atoms with Crippen molar-refractivity contribution in [2.24, 2.45) is 5.92 Å². The van der Waals surface area contributed by atoms with Crippen LogP contribution in [0.4, 0.5) is 10.2 Å². The summed E-state index contributed by atoms with van der Waals surface area (Å²) in [5.41, 5.74) is 1.37. The van der Waals surface area contributed by atoms with Crippen molar-refractivity contribution < 1.29 is 9.18 Å². The standard InChI is InChI=1S/C21H27FN4O/c1-2-3-4-12-23-21(27)16-10-13-26(14-11-16)20-9-8-19(24-25-20)17-6-5-7-18(22)15-17/h5-9,15-16H,2-4,10-14H2,1H3,(H,23,27). The Bertz CT molecular complexity index is 742. The number of nitrogens with one attached hydrogen (secondary N) is 1. The van der Waals surface area contributed by atoms with E-state index in [1.54, 1.807) is 6.07 Å². The topological polar surface area (TPSA) is 58.1 Å². The fraction of sp³-hybridized carbons (Fsp3) is 0.476. The van der Waals surface area contributed by atoms with Gasteiger partial charge in [-0.15, -0.1) is 10.2 Å². The van der Waals surface area contributed by atoms with Crippen LogP contribution in [-0.2, 0) is 4.79 Å². The third-order valence-electron chi connectivity index (χ3n) is 5.04. The highest BCUT2D eigenvalue weighted by Crippen LogP contribution is 2.23. The van der Waals surface area contributed by atoms with Crippen LogP contribution in [0.25, 0.3) is 11.3 Å². The summed E-state index contributed by atoms with van der Waals surface area (Å²) < 4.78 is 13.4. The Labute approximate surface area is 160 Å². The van der Waals surface area contributed by atoms with E-state index < -0.39 is 0 Å². The van der Waals surface area contributed by atoms with Gasteiger partial charge in [0.25, 0.3) is 0 Å². The molecule has 6 heteroatoms. The maximum Gasteiger partial charge on any atom is 0.223 e. The molecule has 3 rings (SSSR count). The zero-order chi connectivity index (χ0) is 19.1. The molecule has 1 aliphatic rings. The van der Waals surface area contributed by atoms with Crippen molar-refractivity contribution in [2.75, 3.05) is 24.5 Å². The summed E-state index contributed by atoms with van der Waals surface area (Å²) in [7, 11) is 0. The lowest BCUT2D eigenvalue weighted by Crippen LogP contribution is -2.41. The zero-order valence-electron chi connectivity index (χ0n) is 15.8. The predicted molar refractivity (Wildman–Crippen MR) is 105 cm³/mol. The Morgan fingerprint density at radius 2 is 2.00 bits per heavy atom. The first-order chi connectivity index (χ1) is 13.2. The van der Waals surface area contributed by atoms with Crippen molar-refractivity contribution in [2.45, 2.75) is 39.0 Å². The van der Waals surface area contributed by atoms with Crippen molar-refractivity contribution in [1.29, 1.82) is 0 Å². The average Bonchev–Trinajstić information content (AvgIpc) is 2.71. The van der Waals surface area contributed by atoms with E-state index in [-0.39, 0.29) is 17.6 Å². The quantitative estimate of drug-likeness (QED) is 0.753. The number of piperidine rings is 1. The molecule has 1 amide bonds. The summed E-state index contributed by atoms with van der Waals surface area (Å²) in [6, 6.07) is 10.1. The first-order valence-corrected chi connectivity index (χ1v) is 9.79. The van der Waals surface area contributed by atoms with Gasteiger partial charge in [0.1, 0.15) is 5.82 Å². The highest BCUT2D eigenvalue weighted by molar-refractivity contribution is 5.78. The lowest BCUT2D eigenvalue weighted by molar-refractivity contribution is -0.125. The van der Waals surface area contributed by atoms with Crippen LogP contribution in [0.1, 0.15) is 39.0 Å². The fourth-order valence-corrected chi connectivity index (χ4v) is 3.40. The van der Waals surface area contributed by atoms with E-state index in [1.165, 1.54) is 12.1 Å². The number of anilines is 1. The number of nitrogens with zero attached hydrogens (tertiary/aromatic N) is 3. The van der Waals surface area contributed by atoms with Gasteiger partial charge in [-0.05, 0) is 43.5 Å². The van der Waals surface area contributed by atoms with Crippen LogP contribution in [0.2, 0.25) is 0 Å². The zero-order valence-corrected chi connectivity index (χ0v) is 15.8. The summed E-state index contributed by atoms with van der Waals surface area (Å²) in [6.07, 6.45) is 5.02. The summed E-state index contributed by atoms with van der Waals surface area (Å²) >= 11 is 0. The van der Waals surface area contributed by atoms with Gasteiger partial charge in [-0.3, -0.25) is 4.79 Å². The minimum absolute atomic E-state index is 0.0856. The second-order valence-corrected chi connectivity index (χ2v) is 7.05. The second-order valence-electron chi connectivity index (χ2n) is 7.05. The molecule has 0 saturated carbocycles.